The standard InChI is InChI=1S/C20H29NO5S/c22-17(14-4-2-1-3-5-14)10-11-21-15(6-9-19(21)23)12-26-13-16-7-8-18(27-16)20(24)25/h7-8,14-15,17,22H,1-6,9-13H2,(H,24,25)/t15-,17?/m1/s1. The molecule has 1 aliphatic heterocycles. The van der Waals surface area contributed by atoms with Gasteiger partial charge in [0.15, 0.2) is 0 Å². The molecule has 1 aliphatic carbocycles. The number of carboxylic acids is 1. The minimum atomic E-state index is -0.921. The van der Waals surface area contributed by atoms with Crippen LogP contribution in [0.5, 0.6) is 0 Å². The Kier molecular flexibility index (Phi) is 7.26. The van der Waals surface area contributed by atoms with Crippen LogP contribution in [0.2, 0.25) is 0 Å². The van der Waals surface area contributed by atoms with Crippen LogP contribution < -0.4 is 0 Å². The highest BCUT2D eigenvalue weighted by Gasteiger charge is 2.32. The fourth-order valence-corrected chi connectivity index (χ4v) is 4.95. The molecule has 1 amide bonds. The first-order chi connectivity index (χ1) is 13.0. The van der Waals surface area contributed by atoms with Crippen molar-refractivity contribution in [2.75, 3.05) is 13.2 Å². The quantitative estimate of drug-likeness (QED) is 0.670. The number of likely N-dealkylation sites (tertiary alicyclic amines) is 1. The predicted molar refractivity (Wildman–Crippen MR) is 103 cm³/mol. The number of amides is 1. The van der Waals surface area contributed by atoms with Gasteiger partial charge >= 0.3 is 5.97 Å². The van der Waals surface area contributed by atoms with Gasteiger partial charge in [0.05, 0.1) is 25.4 Å². The van der Waals surface area contributed by atoms with Gasteiger partial charge in [0.2, 0.25) is 5.91 Å². The predicted octanol–water partition coefficient (Wildman–Crippen LogP) is 3.29. The summed E-state index contributed by atoms with van der Waals surface area (Å²) in [5, 5.41) is 19.4. The number of aliphatic hydroxyl groups is 1. The van der Waals surface area contributed by atoms with Gasteiger partial charge in [-0.2, -0.15) is 0 Å². The maximum absolute atomic E-state index is 12.2. The van der Waals surface area contributed by atoms with Crippen LogP contribution in [0, 0.1) is 5.92 Å². The average molecular weight is 396 g/mol. The number of hydrogen-bond acceptors (Lipinski definition) is 5. The van der Waals surface area contributed by atoms with E-state index in [-0.39, 0.29) is 18.1 Å². The van der Waals surface area contributed by atoms with Crippen LogP contribution in [0.4, 0.5) is 0 Å². The molecule has 0 radical (unpaired) electrons. The fourth-order valence-electron chi connectivity index (χ4n) is 4.17. The van der Waals surface area contributed by atoms with Crippen molar-refractivity contribution in [1.82, 2.24) is 4.90 Å². The van der Waals surface area contributed by atoms with Gasteiger partial charge < -0.3 is 19.8 Å². The van der Waals surface area contributed by atoms with Crippen molar-refractivity contribution in [3.8, 4) is 0 Å². The van der Waals surface area contributed by atoms with Crippen molar-refractivity contribution in [3.63, 3.8) is 0 Å². The highest BCUT2D eigenvalue weighted by molar-refractivity contribution is 7.13. The van der Waals surface area contributed by atoms with Crippen molar-refractivity contribution >= 4 is 23.2 Å². The molecule has 3 rings (SSSR count). The second-order valence-corrected chi connectivity index (χ2v) is 8.79. The zero-order chi connectivity index (χ0) is 19.2. The summed E-state index contributed by atoms with van der Waals surface area (Å²) in [4.78, 5) is 26.2. The molecule has 0 aromatic carbocycles. The zero-order valence-electron chi connectivity index (χ0n) is 15.6. The third-order valence-electron chi connectivity index (χ3n) is 5.74. The van der Waals surface area contributed by atoms with E-state index in [1.807, 2.05) is 4.90 Å². The summed E-state index contributed by atoms with van der Waals surface area (Å²) in [5.41, 5.74) is 0. The molecule has 0 bridgehead atoms. The fraction of sp³-hybridized carbons (Fsp3) is 0.700. The number of aromatic carboxylic acids is 1. The average Bonchev–Trinajstić information content (AvgIpc) is 3.28. The highest BCUT2D eigenvalue weighted by Crippen LogP contribution is 2.29. The van der Waals surface area contributed by atoms with E-state index < -0.39 is 5.97 Å². The molecular weight excluding hydrogens is 366 g/mol. The summed E-state index contributed by atoms with van der Waals surface area (Å²) in [6.07, 6.45) is 7.51. The number of thiophene rings is 1. The lowest BCUT2D eigenvalue weighted by Crippen LogP contribution is -2.39. The Bertz CT molecular complexity index is 640. The molecule has 1 unspecified atom stereocenters. The molecule has 1 aromatic heterocycles. The lowest BCUT2D eigenvalue weighted by molar-refractivity contribution is -0.130. The first kappa shape index (κ1) is 20.3. The molecule has 0 spiro atoms. The van der Waals surface area contributed by atoms with Gasteiger partial charge in [-0.15, -0.1) is 11.3 Å². The summed E-state index contributed by atoms with van der Waals surface area (Å²) < 4.78 is 5.76. The molecule has 2 N–H and O–H groups in total. The van der Waals surface area contributed by atoms with Gasteiger partial charge in [-0.1, -0.05) is 19.3 Å². The van der Waals surface area contributed by atoms with Crippen molar-refractivity contribution < 1.29 is 24.5 Å². The van der Waals surface area contributed by atoms with Crippen molar-refractivity contribution in [2.24, 2.45) is 5.92 Å². The van der Waals surface area contributed by atoms with E-state index in [2.05, 4.69) is 0 Å². The van der Waals surface area contributed by atoms with E-state index in [0.29, 0.717) is 43.4 Å². The van der Waals surface area contributed by atoms with Crippen LogP contribution >= 0.6 is 11.3 Å². The maximum atomic E-state index is 12.2. The van der Waals surface area contributed by atoms with E-state index in [1.165, 1.54) is 30.6 Å². The molecular formula is C20H29NO5S. The largest absolute Gasteiger partial charge is 0.477 e. The normalized spacial score (nSPS) is 22.3. The van der Waals surface area contributed by atoms with Gasteiger partial charge in [-0.25, -0.2) is 4.79 Å². The third-order valence-corrected chi connectivity index (χ3v) is 6.79. The highest BCUT2D eigenvalue weighted by atomic mass is 32.1. The van der Waals surface area contributed by atoms with E-state index in [9.17, 15) is 14.7 Å². The molecule has 2 heterocycles. The zero-order valence-corrected chi connectivity index (χ0v) is 16.5. The minimum Gasteiger partial charge on any atom is -0.477 e. The number of ether oxygens (including phenoxy) is 1. The first-order valence-electron chi connectivity index (χ1n) is 9.92. The summed E-state index contributed by atoms with van der Waals surface area (Å²) in [6, 6.07) is 3.41. The number of carbonyl (C=O) groups excluding carboxylic acids is 1. The van der Waals surface area contributed by atoms with Crippen LogP contribution in [-0.4, -0.2) is 52.3 Å². The number of nitrogens with zero attached hydrogens (tertiary/aromatic N) is 1. The van der Waals surface area contributed by atoms with E-state index in [4.69, 9.17) is 9.84 Å². The van der Waals surface area contributed by atoms with Crippen molar-refractivity contribution in [3.05, 3.63) is 21.9 Å². The molecule has 2 atom stereocenters. The smallest absolute Gasteiger partial charge is 0.345 e. The Morgan fingerprint density at radius 3 is 2.74 bits per heavy atom. The molecule has 150 valence electrons. The minimum absolute atomic E-state index is 0.0509. The number of hydrogen-bond donors (Lipinski definition) is 2. The monoisotopic (exact) mass is 395 g/mol. The Balaban J connectivity index is 1.43. The molecule has 27 heavy (non-hydrogen) atoms. The molecule has 1 aromatic rings. The molecule has 1 saturated heterocycles. The lowest BCUT2D eigenvalue weighted by atomic mass is 9.84. The van der Waals surface area contributed by atoms with E-state index in [0.717, 1.165) is 24.1 Å². The molecule has 2 aliphatic rings. The Hall–Kier alpha value is -1.44. The van der Waals surface area contributed by atoms with Gasteiger partial charge in [-0.05, 0) is 43.7 Å². The Morgan fingerprint density at radius 1 is 1.26 bits per heavy atom. The van der Waals surface area contributed by atoms with Gasteiger partial charge in [0.1, 0.15) is 4.88 Å². The van der Waals surface area contributed by atoms with Crippen molar-refractivity contribution in [1.29, 1.82) is 0 Å². The summed E-state index contributed by atoms with van der Waals surface area (Å²) in [5.74, 6) is -0.396. The summed E-state index contributed by atoms with van der Waals surface area (Å²) in [6.45, 7) is 1.40. The summed E-state index contributed by atoms with van der Waals surface area (Å²) >= 11 is 1.22. The topological polar surface area (TPSA) is 87.1 Å². The number of rotatable bonds is 9. The summed E-state index contributed by atoms with van der Waals surface area (Å²) in [7, 11) is 0. The Labute approximate surface area is 164 Å². The number of carbonyl (C=O) groups is 2. The lowest BCUT2D eigenvalue weighted by Gasteiger charge is -2.30. The van der Waals surface area contributed by atoms with Crippen LogP contribution in [-0.2, 0) is 16.1 Å². The molecule has 1 saturated carbocycles. The SMILES string of the molecule is O=C(O)c1ccc(COC[C@H]2CCC(=O)N2CCC(O)C2CCCCC2)s1. The molecule has 2 fully saturated rings. The van der Waals surface area contributed by atoms with Gasteiger partial charge in [-0.3, -0.25) is 4.79 Å². The molecule has 7 heteroatoms. The molecule has 6 nitrogen and oxygen atoms in total. The second-order valence-electron chi connectivity index (χ2n) is 7.62. The van der Waals surface area contributed by atoms with Gasteiger partial charge in [0, 0.05) is 17.8 Å². The van der Waals surface area contributed by atoms with E-state index >= 15 is 0 Å². The van der Waals surface area contributed by atoms with Crippen LogP contribution in [0.25, 0.3) is 0 Å². The van der Waals surface area contributed by atoms with Crippen LogP contribution in [0.1, 0.15) is 65.9 Å². The van der Waals surface area contributed by atoms with Crippen LogP contribution in [0.3, 0.4) is 0 Å². The second kappa shape index (κ2) is 9.66. The Morgan fingerprint density at radius 2 is 2.04 bits per heavy atom. The number of aliphatic hydroxyl groups excluding tert-OH is 1. The van der Waals surface area contributed by atoms with Crippen molar-refractivity contribution in [2.45, 2.75) is 70.1 Å². The number of carboxylic acid groups (broad SMARTS) is 1. The van der Waals surface area contributed by atoms with E-state index in [1.54, 1.807) is 12.1 Å². The van der Waals surface area contributed by atoms with Crippen LogP contribution in [0.15, 0.2) is 12.1 Å². The van der Waals surface area contributed by atoms with Gasteiger partial charge in [0.25, 0.3) is 0 Å². The first-order valence-corrected chi connectivity index (χ1v) is 10.7. The third kappa shape index (κ3) is 5.53. The maximum Gasteiger partial charge on any atom is 0.345 e.